The number of hydrogen-bond acceptors (Lipinski definition) is 5. The first-order valence-corrected chi connectivity index (χ1v) is 7.85. The highest BCUT2D eigenvalue weighted by molar-refractivity contribution is 7.90. The zero-order chi connectivity index (χ0) is 15.2. The molecule has 0 bridgehead atoms. The third kappa shape index (κ3) is 2.45. The van der Waals surface area contributed by atoms with Crippen molar-refractivity contribution in [3.05, 3.63) is 42.3 Å². The number of aromatic nitrogens is 3. The van der Waals surface area contributed by atoms with Crippen molar-refractivity contribution in [3.8, 4) is 11.1 Å². The average Bonchev–Trinajstić information content (AvgIpc) is 2.77. The molecule has 2 N–H and O–H groups in total. The van der Waals surface area contributed by atoms with E-state index in [0.29, 0.717) is 16.8 Å². The molecule has 0 aliphatic rings. The second-order valence-electron chi connectivity index (χ2n) is 4.61. The first kappa shape index (κ1) is 13.5. The summed E-state index contributed by atoms with van der Waals surface area (Å²) in [6, 6.07) is 7.42. The van der Waals surface area contributed by atoms with Gasteiger partial charge in [-0.05, 0) is 23.8 Å². The summed E-state index contributed by atoms with van der Waals surface area (Å²) in [5.41, 5.74) is 7.04. The van der Waals surface area contributed by atoms with E-state index in [4.69, 9.17) is 5.73 Å². The van der Waals surface area contributed by atoms with E-state index in [2.05, 4.69) is 10.1 Å². The third-order valence-electron chi connectivity index (χ3n) is 3.01. The highest BCUT2D eigenvalue weighted by Crippen LogP contribution is 2.26. The van der Waals surface area contributed by atoms with Crippen molar-refractivity contribution in [3.63, 3.8) is 0 Å². The third-order valence-corrected chi connectivity index (χ3v) is 4.14. The van der Waals surface area contributed by atoms with Crippen molar-refractivity contribution in [2.75, 3.05) is 12.0 Å². The summed E-state index contributed by atoms with van der Waals surface area (Å²) >= 11 is 0. The van der Waals surface area contributed by atoms with Gasteiger partial charge in [-0.15, -0.1) is 5.10 Å². The zero-order valence-corrected chi connectivity index (χ0v) is 11.8. The lowest BCUT2D eigenvalue weighted by molar-refractivity contribution is 0.602. The maximum atomic E-state index is 13.6. The van der Waals surface area contributed by atoms with E-state index in [1.165, 1.54) is 28.9 Å². The van der Waals surface area contributed by atoms with Gasteiger partial charge in [-0.2, -0.15) is 4.98 Å². The smallest absolute Gasteiger partial charge is 0.240 e. The van der Waals surface area contributed by atoms with Crippen LogP contribution in [0.1, 0.15) is 0 Å². The van der Waals surface area contributed by atoms with E-state index in [9.17, 15) is 12.8 Å². The Kier molecular flexibility index (Phi) is 2.91. The van der Waals surface area contributed by atoms with Crippen molar-refractivity contribution >= 4 is 21.4 Å². The summed E-state index contributed by atoms with van der Waals surface area (Å²) in [6.45, 7) is 0. The summed E-state index contributed by atoms with van der Waals surface area (Å²) < 4.78 is 37.8. The molecule has 3 aromatic rings. The molecule has 3 rings (SSSR count). The second-order valence-corrected chi connectivity index (χ2v) is 6.62. The normalized spacial score (nSPS) is 11.9. The van der Waals surface area contributed by atoms with Crippen LogP contribution in [0, 0.1) is 5.82 Å². The Balaban J connectivity index is 2.20. The molecular weight excluding hydrogens is 295 g/mol. The Morgan fingerprint density at radius 3 is 2.52 bits per heavy atom. The number of nitrogen functional groups attached to an aromatic ring is 1. The number of nitrogens with two attached hydrogens (primary N) is 1. The zero-order valence-electron chi connectivity index (χ0n) is 11.0. The topological polar surface area (TPSA) is 90.3 Å². The van der Waals surface area contributed by atoms with Gasteiger partial charge in [0.15, 0.2) is 15.5 Å². The van der Waals surface area contributed by atoms with Gasteiger partial charge in [0.1, 0.15) is 5.82 Å². The van der Waals surface area contributed by atoms with Gasteiger partial charge >= 0.3 is 0 Å². The summed E-state index contributed by atoms with van der Waals surface area (Å²) in [5, 5.41) is 3.86. The fourth-order valence-corrected chi connectivity index (χ4v) is 2.69. The Bertz CT molecular complexity index is 933. The molecule has 0 unspecified atom stereocenters. The molecule has 108 valence electrons. The highest BCUT2D eigenvalue weighted by atomic mass is 32.2. The SMILES string of the molecule is CS(=O)(=O)c1ccc(-c2cc(F)cn3nc(N)nc23)cc1. The largest absolute Gasteiger partial charge is 0.366 e. The van der Waals surface area contributed by atoms with E-state index in [0.717, 1.165) is 6.26 Å². The number of hydrogen-bond donors (Lipinski definition) is 1. The van der Waals surface area contributed by atoms with Crippen LogP contribution in [-0.2, 0) is 9.84 Å². The molecule has 2 aromatic heterocycles. The number of pyridine rings is 1. The lowest BCUT2D eigenvalue weighted by atomic mass is 10.1. The standard InChI is InChI=1S/C13H11FN4O2S/c1-21(19,20)10-4-2-8(3-5-10)11-6-9(14)7-18-12(11)16-13(15)17-18/h2-7H,1H3,(H2,15,17). The summed E-state index contributed by atoms with van der Waals surface area (Å²) in [5.74, 6) is -0.454. The van der Waals surface area contributed by atoms with Crippen molar-refractivity contribution in [1.29, 1.82) is 0 Å². The van der Waals surface area contributed by atoms with Crippen molar-refractivity contribution in [1.82, 2.24) is 14.6 Å². The summed E-state index contributed by atoms with van der Waals surface area (Å²) in [4.78, 5) is 4.24. The van der Waals surface area contributed by atoms with Gasteiger partial charge in [0.2, 0.25) is 5.95 Å². The van der Waals surface area contributed by atoms with Gasteiger partial charge in [-0.25, -0.2) is 17.3 Å². The van der Waals surface area contributed by atoms with E-state index >= 15 is 0 Å². The van der Waals surface area contributed by atoms with Crippen LogP contribution < -0.4 is 5.73 Å². The minimum absolute atomic E-state index is 0.0367. The number of nitrogens with zero attached hydrogens (tertiary/aromatic N) is 3. The number of benzene rings is 1. The van der Waals surface area contributed by atoms with Crippen LogP contribution in [0.25, 0.3) is 16.8 Å². The van der Waals surface area contributed by atoms with Crippen LogP contribution in [0.3, 0.4) is 0 Å². The van der Waals surface area contributed by atoms with Crippen LogP contribution in [-0.4, -0.2) is 29.3 Å². The molecule has 0 aliphatic heterocycles. The van der Waals surface area contributed by atoms with Gasteiger partial charge in [0, 0.05) is 11.8 Å². The summed E-state index contributed by atoms with van der Waals surface area (Å²) in [7, 11) is -3.28. The van der Waals surface area contributed by atoms with Gasteiger partial charge in [-0.3, -0.25) is 0 Å². The monoisotopic (exact) mass is 306 g/mol. The van der Waals surface area contributed by atoms with Crippen LogP contribution >= 0.6 is 0 Å². The molecule has 0 atom stereocenters. The molecule has 0 aliphatic carbocycles. The van der Waals surface area contributed by atoms with Crippen LogP contribution in [0.15, 0.2) is 41.4 Å². The fraction of sp³-hybridized carbons (Fsp3) is 0.0769. The van der Waals surface area contributed by atoms with E-state index in [-0.39, 0.29) is 10.8 Å². The predicted octanol–water partition coefficient (Wildman–Crippen LogP) is 1.52. The Labute approximate surface area is 120 Å². The van der Waals surface area contributed by atoms with Crippen LogP contribution in [0.4, 0.5) is 10.3 Å². The Hall–Kier alpha value is -2.48. The maximum absolute atomic E-state index is 13.6. The molecule has 8 heteroatoms. The van der Waals surface area contributed by atoms with Gasteiger partial charge < -0.3 is 5.73 Å². The average molecular weight is 306 g/mol. The number of fused-ring (bicyclic) bond motifs is 1. The second kappa shape index (κ2) is 4.52. The van der Waals surface area contributed by atoms with E-state index in [1.54, 1.807) is 12.1 Å². The van der Waals surface area contributed by atoms with Crippen molar-refractivity contribution in [2.45, 2.75) is 4.90 Å². The summed E-state index contributed by atoms with van der Waals surface area (Å²) in [6.07, 6.45) is 2.30. The first-order chi connectivity index (χ1) is 9.84. The Morgan fingerprint density at radius 1 is 1.24 bits per heavy atom. The first-order valence-electron chi connectivity index (χ1n) is 5.96. The lowest BCUT2D eigenvalue weighted by Crippen LogP contribution is -1.97. The van der Waals surface area contributed by atoms with Gasteiger partial charge in [0.05, 0.1) is 11.1 Å². The molecule has 0 saturated carbocycles. The van der Waals surface area contributed by atoms with Crippen LogP contribution in [0.5, 0.6) is 0 Å². The number of anilines is 1. The van der Waals surface area contributed by atoms with E-state index in [1.807, 2.05) is 0 Å². The molecule has 21 heavy (non-hydrogen) atoms. The molecule has 6 nitrogen and oxygen atoms in total. The lowest BCUT2D eigenvalue weighted by Gasteiger charge is -2.05. The minimum Gasteiger partial charge on any atom is -0.366 e. The molecule has 2 heterocycles. The molecular formula is C13H11FN4O2S. The fourth-order valence-electron chi connectivity index (χ4n) is 2.06. The minimum atomic E-state index is -3.28. The predicted molar refractivity (Wildman–Crippen MR) is 75.9 cm³/mol. The highest BCUT2D eigenvalue weighted by Gasteiger charge is 2.12. The van der Waals surface area contributed by atoms with Crippen molar-refractivity contribution < 1.29 is 12.8 Å². The van der Waals surface area contributed by atoms with Gasteiger partial charge in [-0.1, -0.05) is 12.1 Å². The van der Waals surface area contributed by atoms with Gasteiger partial charge in [0.25, 0.3) is 0 Å². The van der Waals surface area contributed by atoms with Crippen LogP contribution in [0.2, 0.25) is 0 Å². The molecule has 0 spiro atoms. The molecule has 0 fully saturated rings. The Morgan fingerprint density at radius 2 is 1.90 bits per heavy atom. The molecule has 1 aromatic carbocycles. The quantitative estimate of drug-likeness (QED) is 0.775. The number of halogens is 1. The van der Waals surface area contributed by atoms with Crippen molar-refractivity contribution in [2.24, 2.45) is 0 Å². The molecule has 0 radical (unpaired) electrons. The number of sulfone groups is 1. The maximum Gasteiger partial charge on any atom is 0.240 e. The van der Waals surface area contributed by atoms with E-state index < -0.39 is 15.7 Å². The molecule has 0 saturated heterocycles. The molecule has 0 amide bonds. The number of rotatable bonds is 2.